The van der Waals surface area contributed by atoms with E-state index < -0.39 is 12.1 Å². The SMILES string of the molecule is CCCCCCCC/C=C\CCCCCCCCCC(=O)OCCCCCCCCCCCCCCCCCCCCCCCCC(=O)NC(CO)C(O)CCCCCCCCCCCCCC. The highest BCUT2D eigenvalue weighted by Crippen LogP contribution is 2.18. The Morgan fingerprint density at radius 1 is 0.397 bits per heavy atom. The van der Waals surface area contributed by atoms with Crippen LogP contribution in [0, 0.1) is 0 Å². The third kappa shape index (κ3) is 53.9. The molecule has 0 saturated heterocycles. The van der Waals surface area contributed by atoms with Crippen molar-refractivity contribution >= 4 is 11.9 Å². The highest BCUT2D eigenvalue weighted by molar-refractivity contribution is 5.76. The maximum atomic E-state index is 12.5. The van der Waals surface area contributed by atoms with Crippen molar-refractivity contribution in [2.24, 2.45) is 0 Å². The molecule has 0 radical (unpaired) electrons. The largest absolute Gasteiger partial charge is 0.466 e. The summed E-state index contributed by atoms with van der Waals surface area (Å²) in [6.07, 6.45) is 69.4. The monoisotopic (exact) mass is 960 g/mol. The van der Waals surface area contributed by atoms with Crippen molar-refractivity contribution in [2.45, 2.75) is 360 Å². The number of carbonyl (C=O) groups excluding carboxylic acids is 2. The molecule has 0 saturated carbocycles. The summed E-state index contributed by atoms with van der Waals surface area (Å²) in [5.74, 6) is -0.0235. The third-order valence-corrected chi connectivity index (χ3v) is 14.6. The lowest BCUT2D eigenvalue weighted by Gasteiger charge is -2.22. The second kappa shape index (κ2) is 58.2. The molecule has 0 aliphatic carbocycles. The van der Waals surface area contributed by atoms with Gasteiger partial charge in [-0.05, 0) is 51.4 Å². The lowest BCUT2D eigenvalue weighted by Crippen LogP contribution is -2.45. The van der Waals surface area contributed by atoms with Gasteiger partial charge in [0.2, 0.25) is 5.91 Å². The van der Waals surface area contributed by atoms with Gasteiger partial charge < -0.3 is 20.3 Å². The minimum absolute atomic E-state index is 0.0106. The molecule has 3 N–H and O–H groups in total. The average molecular weight is 961 g/mol. The van der Waals surface area contributed by atoms with Gasteiger partial charge in [0.1, 0.15) is 0 Å². The van der Waals surface area contributed by atoms with Gasteiger partial charge in [0, 0.05) is 12.8 Å². The molecule has 2 unspecified atom stereocenters. The van der Waals surface area contributed by atoms with E-state index in [0.717, 1.165) is 44.9 Å². The predicted molar refractivity (Wildman–Crippen MR) is 297 cm³/mol. The molecule has 404 valence electrons. The first-order valence-electron chi connectivity index (χ1n) is 30.9. The number of nitrogens with one attached hydrogen (secondary N) is 1. The predicted octanol–water partition coefficient (Wildman–Crippen LogP) is 19.2. The van der Waals surface area contributed by atoms with Crippen molar-refractivity contribution < 1.29 is 24.5 Å². The summed E-state index contributed by atoms with van der Waals surface area (Å²) >= 11 is 0. The fourth-order valence-corrected chi connectivity index (χ4v) is 9.81. The first-order chi connectivity index (χ1) is 33.5. The van der Waals surface area contributed by atoms with Crippen LogP contribution in [-0.2, 0) is 14.3 Å². The molecule has 0 fully saturated rings. The Morgan fingerprint density at radius 3 is 1.04 bits per heavy atom. The molecule has 0 rings (SSSR count). The Balaban J connectivity index is 3.35. The van der Waals surface area contributed by atoms with Crippen molar-refractivity contribution in [1.82, 2.24) is 5.32 Å². The normalized spacial score (nSPS) is 12.6. The summed E-state index contributed by atoms with van der Waals surface area (Å²) in [7, 11) is 0. The number of aliphatic hydroxyl groups is 2. The van der Waals surface area contributed by atoms with Crippen LogP contribution in [0.15, 0.2) is 12.2 Å². The molecule has 6 nitrogen and oxygen atoms in total. The third-order valence-electron chi connectivity index (χ3n) is 14.6. The number of esters is 1. The molecule has 0 heterocycles. The smallest absolute Gasteiger partial charge is 0.305 e. The van der Waals surface area contributed by atoms with Gasteiger partial charge in [0.25, 0.3) is 0 Å². The van der Waals surface area contributed by atoms with Crippen molar-refractivity contribution in [3.8, 4) is 0 Å². The Labute approximate surface area is 425 Å². The van der Waals surface area contributed by atoms with E-state index in [1.54, 1.807) is 0 Å². The summed E-state index contributed by atoms with van der Waals surface area (Å²) in [6, 6.07) is -0.540. The number of allylic oxidation sites excluding steroid dienone is 2. The highest BCUT2D eigenvalue weighted by Gasteiger charge is 2.20. The molecule has 0 aromatic carbocycles. The Morgan fingerprint density at radius 2 is 0.691 bits per heavy atom. The van der Waals surface area contributed by atoms with Crippen LogP contribution in [0.4, 0.5) is 0 Å². The van der Waals surface area contributed by atoms with Crippen LogP contribution in [0.25, 0.3) is 0 Å². The Kier molecular flexibility index (Phi) is 57.0. The molecule has 0 aromatic heterocycles. The van der Waals surface area contributed by atoms with Crippen LogP contribution in [0.1, 0.15) is 348 Å². The molecule has 0 aliphatic heterocycles. The number of hydrogen-bond acceptors (Lipinski definition) is 5. The number of unbranched alkanes of at least 4 members (excludes halogenated alkanes) is 45. The van der Waals surface area contributed by atoms with Gasteiger partial charge in [-0.2, -0.15) is 0 Å². The first kappa shape index (κ1) is 66.6. The molecule has 1 amide bonds. The van der Waals surface area contributed by atoms with Gasteiger partial charge >= 0.3 is 5.97 Å². The fourth-order valence-electron chi connectivity index (χ4n) is 9.81. The maximum absolute atomic E-state index is 12.5. The second-order valence-corrected chi connectivity index (χ2v) is 21.4. The van der Waals surface area contributed by atoms with Gasteiger partial charge in [0.05, 0.1) is 25.4 Å². The molecule has 68 heavy (non-hydrogen) atoms. The zero-order valence-corrected chi connectivity index (χ0v) is 46.1. The van der Waals surface area contributed by atoms with E-state index in [4.69, 9.17) is 4.74 Å². The lowest BCUT2D eigenvalue weighted by molar-refractivity contribution is -0.143. The van der Waals surface area contributed by atoms with Crippen LogP contribution >= 0.6 is 0 Å². The highest BCUT2D eigenvalue weighted by atomic mass is 16.5. The lowest BCUT2D eigenvalue weighted by atomic mass is 10.0. The molecule has 0 aromatic rings. The summed E-state index contributed by atoms with van der Waals surface area (Å²) in [5.41, 5.74) is 0. The summed E-state index contributed by atoms with van der Waals surface area (Å²) in [4.78, 5) is 24.5. The van der Waals surface area contributed by atoms with Crippen LogP contribution in [0.2, 0.25) is 0 Å². The average Bonchev–Trinajstić information content (AvgIpc) is 3.34. The number of carbonyl (C=O) groups is 2. The van der Waals surface area contributed by atoms with Gasteiger partial charge in [0.15, 0.2) is 0 Å². The zero-order valence-electron chi connectivity index (χ0n) is 46.1. The van der Waals surface area contributed by atoms with E-state index in [-0.39, 0.29) is 18.5 Å². The van der Waals surface area contributed by atoms with Gasteiger partial charge in [-0.3, -0.25) is 9.59 Å². The molecule has 0 spiro atoms. The summed E-state index contributed by atoms with van der Waals surface area (Å²) in [5, 5.41) is 23.2. The standard InChI is InChI=1S/C62H121NO5/c1-3-5-7-9-11-13-15-17-18-25-29-32-36-40-44-48-52-56-62(67)68-57-53-49-45-41-37-33-30-27-24-22-20-19-21-23-26-28-31-35-39-43-47-51-55-61(66)63-59(58-64)60(65)54-50-46-42-38-34-16-14-12-10-8-6-4-2/h17-18,59-60,64-65H,3-16,19-58H2,1-2H3,(H,63,66)/b18-17-. The van der Waals surface area contributed by atoms with Crippen LogP contribution in [0.3, 0.4) is 0 Å². The van der Waals surface area contributed by atoms with Crippen LogP contribution in [-0.4, -0.2) is 47.4 Å². The van der Waals surface area contributed by atoms with E-state index in [2.05, 4.69) is 31.3 Å². The second-order valence-electron chi connectivity index (χ2n) is 21.4. The molecular weight excluding hydrogens is 839 g/mol. The van der Waals surface area contributed by atoms with E-state index in [1.165, 1.54) is 270 Å². The topological polar surface area (TPSA) is 95.9 Å². The van der Waals surface area contributed by atoms with Crippen LogP contribution in [0.5, 0.6) is 0 Å². The van der Waals surface area contributed by atoms with Gasteiger partial charge in [-0.25, -0.2) is 0 Å². The van der Waals surface area contributed by atoms with E-state index in [0.29, 0.717) is 25.9 Å². The molecular formula is C62H121NO5. The summed E-state index contributed by atoms with van der Waals surface area (Å²) in [6.45, 7) is 4.96. The van der Waals surface area contributed by atoms with Crippen molar-refractivity contribution in [3.05, 3.63) is 12.2 Å². The number of rotatable bonds is 58. The number of aliphatic hydroxyl groups excluding tert-OH is 2. The van der Waals surface area contributed by atoms with E-state index in [1.807, 2.05) is 0 Å². The zero-order chi connectivity index (χ0) is 49.3. The van der Waals surface area contributed by atoms with Crippen molar-refractivity contribution in [2.75, 3.05) is 13.2 Å². The first-order valence-corrected chi connectivity index (χ1v) is 30.9. The van der Waals surface area contributed by atoms with Crippen molar-refractivity contribution in [1.29, 1.82) is 0 Å². The molecule has 0 bridgehead atoms. The molecule has 6 heteroatoms. The van der Waals surface area contributed by atoms with Gasteiger partial charge in [-0.15, -0.1) is 0 Å². The van der Waals surface area contributed by atoms with Crippen molar-refractivity contribution in [3.63, 3.8) is 0 Å². The quantitative estimate of drug-likeness (QED) is 0.0321. The Hall–Kier alpha value is -1.40. The number of amides is 1. The minimum atomic E-state index is -0.662. The molecule has 2 atom stereocenters. The van der Waals surface area contributed by atoms with E-state index >= 15 is 0 Å². The fraction of sp³-hybridized carbons (Fsp3) is 0.935. The number of hydrogen-bond donors (Lipinski definition) is 3. The number of ether oxygens (including phenoxy) is 1. The van der Waals surface area contributed by atoms with E-state index in [9.17, 15) is 19.8 Å². The minimum Gasteiger partial charge on any atom is -0.466 e. The Bertz CT molecular complexity index is 1020. The van der Waals surface area contributed by atoms with Crippen LogP contribution < -0.4 is 5.32 Å². The summed E-state index contributed by atoms with van der Waals surface area (Å²) < 4.78 is 5.49. The van der Waals surface area contributed by atoms with Gasteiger partial charge in [-0.1, -0.05) is 296 Å². The molecule has 0 aliphatic rings. The maximum Gasteiger partial charge on any atom is 0.305 e.